The highest BCUT2D eigenvalue weighted by Gasteiger charge is 2.24. The number of pyridine rings is 1. The van der Waals surface area contributed by atoms with Crippen LogP contribution in [0.1, 0.15) is 11.0 Å². The topological polar surface area (TPSA) is 49.0 Å². The molecule has 0 saturated heterocycles. The van der Waals surface area contributed by atoms with E-state index >= 15 is 0 Å². The van der Waals surface area contributed by atoms with Crippen molar-refractivity contribution in [1.29, 1.82) is 0 Å². The van der Waals surface area contributed by atoms with Crippen molar-refractivity contribution in [3.8, 4) is 62.1 Å². The van der Waals surface area contributed by atoms with E-state index in [1.165, 1.54) is 0 Å². The molecule has 5 heterocycles. The summed E-state index contributed by atoms with van der Waals surface area (Å²) in [4.78, 5) is 4.95. The summed E-state index contributed by atoms with van der Waals surface area (Å²) in [5.74, 6) is 1.83. The van der Waals surface area contributed by atoms with Crippen LogP contribution in [0.5, 0.6) is 11.5 Å². The fourth-order valence-corrected chi connectivity index (χ4v) is 8.82. The first-order valence-electron chi connectivity index (χ1n) is 23.5. The van der Waals surface area contributed by atoms with Crippen molar-refractivity contribution in [1.82, 2.24) is 14.1 Å². The predicted molar refractivity (Wildman–Crippen MR) is 239 cm³/mol. The van der Waals surface area contributed by atoms with Gasteiger partial charge in [-0.1, -0.05) is 127 Å². The van der Waals surface area contributed by atoms with Gasteiger partial charge in [0.15, 0.2) is 0 Å². The van der Waals surface area contributed by atoms with E-state index < -0.39 is 36.3 Å². The number of hydrogen-bond acceptors (Lipinski definition) is 3. The van der Waals surface area contributed by atoms with E-state index in [0.717, 1.165) is 43.7 Å². The van der Waals surface area contributed by atoms with Gasteiger partial charge in [-0.2, -0.15) is 0 Å². The van der Waals surface area contributed by atoms with E-state index in [9.17, 15) is 5.48 Å². The molecule has 0 unspecified atom stereocenters. The molecule has 12 aromatic rings. The van der Waals surface area contributed by atoms with Gasteiger partial charge in [0.25, 0.3) is 6.33 Å². The van der Waals surface area contributed by atoms with Crippen molar-refractivity contribution in [3.05, 3.63) is 200 Å². The molecule has 0 saturated carbocycles. The Morgan fingerprint density at radius 2 is 1.20 bits per heavy atom. The molecule has 280 valence electrons. The minimum Gasteiger partial charge on any atom is -0.458 e. The van der Waals surface area contributed by atoms with Crippen molar-refractivity contribution in [3.63, 3.8) is 0 Å². The molecule has 4 aromatic heterocycles. The quantitative estimate of drug-likeness (QED) is 0.132. The highest BCUT2D eigenvalue weighted by atomic mass is 16.5. The van der Waals surface area contributed by atoms with Crippen LogP contribution in [0.3, 0.4) is 0 Å². The Kier molecular flexibility index (Phi) is 5.46. The standard InChI is InChI=1S/C54H32N4O2/c1-3-17-39-37(15-1)38-16-2-4-18-40(38)45-22-12-25-49-54(45)57(47-23-8-5-19-41(39)47)33-56(49)34-13-11-14-35(29-34)59-36-27-28-43-42-20-6-9-24-48(42)58(50(43)30-36)53-31-52-46(32-55-53)44-21-7-10-26-51(44)60-52/h1-32H/i1D,2D,3D,4D,15D,16D,17D,18D. The molecule has 6 nitrogen and oxygen atoms in total. The molecular weight excluding hydrogens is 737 g/mol. The second-order valence-corrected chi connectivity index (χ2v) is 14.7. The number of fused-ring (bicyclic) bond motifs is 13. The predicted octanol–water partition coefficient (Wildman–Crippen LogP) is 13.2. The molecule has 0 N–H and O–H groups in total. The Hall–Kier alpha value is -8.22. The molecule has 0 atom stereocenters. The van der Waals surface area contributed by atoms with Crippen molar-refractivity contribution in [2.24, 2.45) is 0 Å². The molecule has 6 heteroatoms. The van der Waals surface area contributed by atoms with E-state index in [4.69, 9.17) is 19.6 Å². The number of benzene rings is 8. The molecule has 0 aliphatic carbocycles. The molecule has 13 rings (SSSR count). The Balaban J connectivity index is 0.984. The number of aromatic nitrogens is 4. The number of rotatable bonds is 4. The largest absolute Gasteiger partial charge is 0.458 e. The maximum atomic E-state index is 9.35. The average molecular weight is 777 g/mol. The highest BCUT2D eigenvalue weighted by Crippen LogP contribution is 2.43. The third-order valence-corrected chi connectivity index (χ3v) is 11.4. The number of furan rings is 1. The summed E-state index contributed by atoms with van der Waals surface area (Å²) in [6.45, 7) is 0. The molecule has 0 spiro atoms. The van der Waals surface area contributed by atoms with Crippen LogP contribution in [0.2, 0.25) is 0 Å². The molecule has 0 radical (unpaired) electrons. The van der Waals surface area contributed by atoms with Crippen molar-refractivity contribution in [2.75, 3.05) is 0 Å². The van der Waals surface area contributed by atoms with Gasteiger partial charge in [0.1, 0.15) is 28.5 Å². The van der Waals surface area contributed by atoms with E-state index in [0.29, 0.717) is 50.9 Å². The van der Waals surface area contributed by atoms with Gasteiger partial charge in [-0.05, 0) is 81.9 Å². The van der Waals surface area contributed by atoms with Crippen LogP contribution in [0.15, 0.2) is 198 Å². The van der Waals surface area contributed by atoms with Gasteiger partial charge in [-0.15, -0.1) is 0 Å². The zero-order valence-corrected chi connectivity index (χ0v) is 31.5. The maximum absolute atomic E-state index is 9.35. The normalized spacial score (nSPS) is 13.9. The molecule has 1 aliphatic heterocycles. The summed E-state index contributed by atoms with van der Waals surface area (Å²) in [7, 11) is 0. The monoisotopic (exact) mass is 776 g/mol. The fourth-order valence-electron chi connectivity index (χ4n) is 8.82. The lowest BCUT2D eigenvalue weighted by molar-refractivity contribution is -0.571. The molecule has 0 bridgehead atoms. The third-order valence-electron chi connectivity index (χ3n) is 11.4. The van der Waals surface area contributed by atoms with Gasteiger partial charge < -0.3 is 9.15 Å². The van der Waals surface area contributed by atoms with E-state index in [1.54, 1.807) is 28.8 Å². The zero-order chi connectivity index (χ0) is 46.3. The zero-order valence-electron chi connectivity index (χ0n) is 39.5. The lowest BCUT2D eigenvalue weighted by atomic mass is 9.89. The van der Waals surface area contributed by atoms with Crippen LogP contribution in [0.4, 0.5) is 0 Å². The van der Waals surface area contributed by atoms with Crippen LogP contribution in [-0.2, 0) is 0 Å². The summed E-state index contributed by atoms with van der Waals surface area (Å²) in [5.41, 5.74) is 6.87. The number of para-hydroxylation sites is 4. The van der Waals surface area contributed by atoms with E-state index in [2.05, 4.69) is 29.1 Å². The van der Waals surface area contributed by atoms with Gasteiger partial charge in [0, 0.05) is 39.9 Å². The SMILES string of the molecule is [2H]c1c([2H])c([2H])c2c(c1[2H])-c1ccccc1-[n+]1[c-]n(-c3cccc(Oc4ccc5c6ccccc6n(-c6cc7oc8ccccc8c7cn6)c5c4)c3)c3cccc(c31)-c1c([2H])c([2H])c([2H])c([2H])c1-2. The Labute approximate surface area is 355 Å². The second-order valence-electron chi connectivity index (χ2n) is 14.7. The van der Waals surface area contributed by atoms with Gasteiger partial charge in [0.2, 0.25) is 0 Å². The lowest BCUT2D eigenvalue weighted by Gasteiger charge is -2.15. The van der Waals surface area contributed by atoms with Crippen LogP contribution in [0.25, 0.3) is 105 Å². The molecule has 60 heavy (non-hydrogen) atoms. The van der Waals surface area contributed by atoms with Crippen LogP contribution in [0, 0.1) is 6.33 Å². The fraction of sp³-hybridized carbons (Fsp3) is 0. The summed E-state index contributed by atoms with van der Waals surface area (Å²) < 4.78 is 90.8. The van der Waals surface area contributed by atoms with Gasteiger partial charge >= 0.3 is 0 Å². The van der Waals surface area contributed by atoms with Crippen LogP contribution >= 0.6 is 0 Å². The maximum Gasteiger partial charge on any atom is 0.269 e. The lowest BCUT2D eigenvalue weighted by Crippen LogP contribution is -2.30. The number of ether oxygens (including phenoxy) is 1. The number of hydrogen-bond donors (Lipinski definition) is 0. The molecule has 1 aliphatic rings. The minimum atomic E-state index is -0.512. The minimum absolute atomic E-state index is 0.00646. The smallest absolute Gasteiger partial charge is 0.269 e. The van der Waals surface area contributed by atoms with Gasteiger partial charge in [-0.3, -0.25) is 13.7 Å². The first-order chi connectivity index (χ1) is 33.1. The third kappa shape index (κ3) is 4.82. The molecule has 8 aromatic carbocycles. The highest BCUT2D eigenvalue weighted by molar-refractivity contribution is 6.10. The first kappa shape index (κ1) is 25.9. The van der Waals surface area contributed by atoms with Crippen LogP contribution in [-0.4, -0.2) is 14.1 Å². The summed E-state index contributed by atoms with van der Waals surface area (Å²) in [6, 6.07) is 40.9. The first-order valence-corrected chi connectivity index (χ1v) is 19.5. The Morgan fingerprint density at radius 1 is 0.533 bits per heavy atom. The van der Waals surface area contributed by atoms with E-state index in [-0.39, 0.29) is 34.3 Å². The van der Waals surface area contributed by atoms with Crippen molar-refractivity contribution >= 4 is 54.8 Å². The second kappa shape index (κ2) is 12.6. The average Bonchev–Trinajstić information content (AvgIpc) is 4.05. The molecule has 0 fully saturated rings. The van der Waals surface area contributed by atoms with Crippen LogP contribution < -0.4 is 9.30 Å². The van der Waals surface area contributed by atoms with Crippen molar-refractivity contribution in [2.45, 2.75) is 0 Å². The number of nitrogens with zero attached hydrogens (tertiary/aromatic N) is 4. The van der Waals surface area contributed by atoms with Gasteiger partial charge in [0.05, 0.1) is 44.4 Å². The Bertz CT molecular complexity index is 4190. The summed E-state index contributed by atoms with van der Waals surface area (Å²) >= 11 is 0. The summed E-state index contributed by atoms with van der Waals surface area (Å²) in [6.07, 6.45) is 5.39. The van der Waals surface area contributed by atoms with E-state index in [1.807, 2.05) is 108 Å². The van der Waals surface area contributed by atoms with Gasteiger partial charge in [-0.25, -0.2) is 4.98 Å². The summed E-state index contributed by atoms with van der Waals surface area (Å²) in [5, 5.41) is 4.04. The Morgan fingerprint density at radius 3 is 2.07 bits per heavy atom. The molecule has 0 amide bonds. The van der Waals surface area contributed by atoms with Crippen molar-refractivity contribution < 1.29 is 24.7 Å². The number of imidazole rings is 1. The molecular formula is C54H32N4O2.